The van der Waals surface area contributed by atoms with Crippen molar-refractivity contribution in [2.75, 3.05) is 0 Å². The van der Waals surface area contributed by atoms with Gasteiger partial charge >= 0.3 is 0 Å². The molecule has 5 aromatic rings. The van der Waals surface area contributed by atoms with E-state index in [-0.39, 0.29) is 11.6 Å². The van der Waals surface area contributed by atoms with E-state index in [0.717, 1.165) is 45.4 Å². The minimum Gasteiger partial charge on any atom is -0.361 e. The molecule has 1 N–H and O–H groups in total. The van der Waals surface area contributed by atoms with Crippen LogP contribution in [0.1, 0.15) is 40.3 Å². The summed E-state index contributed by atoms with van der Waals surface area (Å²) >= 11 is 1.48. The first kappa shape index (κ1) is 20.4. The summed E-state index contributed by atoms with van der Waals surface area (Å²) < 4.78 is 2.63. The van der Waals surface area contributed by atoms with Crippen LogP contribution < -0.4 is 14.9 Å². The number of benzene rings is 3. The molecule has 0 radical (unpaired) electrons. The monoisotopic (exact) mass is 473 g/mol. The Labute approximate surface area is 206 Å². The molecule has 1 aliphatic carbocycles. The number of fused-ring (bicyclic) bond motifs is 4. The van der Waals surface area contributed by atoms with E-state index in [1.54, 1.807) is 0 Å². The number of para-hydroxylation sites is 1. The number of hydrogen-bond acceptors (Lipinski definition) is 3. The quantitative estimate of drug-likeness (QED) is 0.381. The lowest BCUT2D eigenvalue weighted by atomic mass is 9.83. The van der Waals surface area contributed by atoms with E-state index >= 15 is 0 Å². The van der Waals surface area contributed by atoms with E-state index in [0.29, 0.717) is 4.53 Å². The third-order valence-electron chi connectivity index (χ3n) is 7.17. The largest absolute Gasteiger partial charge is 0.361 e. The van der Waals surface area contributed by atoms with Crippen molar-refractivity contribution in [3.63, 3.8) is 0 Å². The van der Waals surface area contributed by atoms with Crippen molar-refractivity contribution >= 4 is 34.0 Å². The molecule has 3 heterocycles. The summed E-state index contributed by atoms with van der Waals surface area (Å²) in [4.78, 5) is 23.1. The Hall–Kier alpha value is -3.96. The smallest absolute Gasteiger partial charge is 0.271 e. The van der Waals surface area contributed by atoms with Gasteiger partial charge in [0.15, 0.2) is 4.80 Å². The summed E-state index contributed by atoms with van der Waals surface area (Å²) in [6, 6.07) is 25.2. The predicted octanol–water partition coefficient (Wildman–Crippen LogP) is 5.11. The number of rotatable bonds is 2. The minimum absolute atomic E-state index is 0.0232. The lowest BCUT2D eigenvalue weighted by molar-refractivity contribution is 0.585. The number of allylic oxidation sites excluding steroid dienone is 1. The molecule has 7 rings (SSSR count). The van der Waals surface area contributed by atoms with E-state index < -0.39 is 0 Å². The number of H-pyrrole nitrogens is 1. The number of hydrogen-bond donors (Lipinski definition) is 1. The Morgan fingerprint density at radius 2 is 1.80 bits per heavy atom. The Morgan fingerprint density at radius 1 is 1.00 bits per heavy atom. The highest BCUT2D eigenvalue weighted by Crippen LogP contribution is 2.41. The molecule has 5 heteroatoms. The number of nitrogens with zero attached hydrogens (tertiary/aromatic N) is 2. The standard InChI is InChI=1S/C30H23N3OS/c1-18-10-12-20(13-11-18)28-24-15-14-19-6-2-3-8-23(19)27(24)32-30-33(28)29(34)26(35-30)16-21-17-31-25-9-5-4-7-22(21)25/h2-13,16-17,28,31H,14-15H2,1H3/b26-16+/t28-/m0/s1. The second kappa shape index (κ2) is 7.79. The molecule has 2 aromatic heterocycles. The fourth-order valence-corrected chi connectivity index (χ4v) is 6.42. The van der Waals surface area contributed by atoms with Crippen molar-refractivity contribution in [2.45, 2.75) is 25.8 Å². The third kappa shape index (κ3) is 3.19. The highest BCUT2D eigenvalue weighted by atomic mass is 32.1. The molecule has 0 saturated carbocycles. The molecule has 1 atom stereocenters. The topological polar surface area (TPSA) is 50.1 Å². The van der Waals surface area contributed by atoms with Crippen LogP contribution in [0.25, 0.3) is 22.7 Å². The first-order chi connectivity index (χ1) is 17.2. The summed E-state index contributed by atoms with van der Waals surface area (Å²) in [7, 11) is 0. The summed E-state index contributed by atoms with van der Waals surface area (Å²) in [5.41, 5.74) is 9.26. The van der Waals surface area contributed by atoms with Crippen molar-refractivity contribution in [1.82, 2.24) is 9.55 Å². The maximum Gasteiger partial charge on any atom is 0.271 e. The molecule has 0 fully saturated rings. The molecule has 0 spiro atoms. The van der Waals surface area contributed by atoms with Crippen LogP contribution in [0.2, 0.25) is 0 Å². The average Bonchev–Trinajstić information content (AvgIpc) is 3.44. The van der Waals surface area contributed by atoms with Crippen LogP contribution in [0.3, 0.4) is 0 Å². The summed E-state index contributed by atoms with van der Waals surface area (Å²) in [5.74, 6) is 0. The van der Waals surface area contributed by atoms with Gasteiger partial charge in [-0.3, -0.25) is 9.36 Å². The molecule has 35 heavy (non-hydrogen) atoms. The second-order valence-electron chi connectivity index (χ2n) is 9.31. The van der Waals surface area contributed by atoms with Crippen molar-refractivity contribution in [1.29, 1.82) is 0 Å². The lowest BCUT2D eigenvalue weighted by Gasteiger charge is -2.30. The highest BCUT2D eigenvalue weighted by molar-refractivity contribution is 7.07. The van der Waals surface area contributed by atoms with Crippen LogP contribution in [-0.4, -0.2) is 9.55 Å². The molecule has 4 nitrogen and oxygen atoms in total. The molecule has 0 saturated heterocycles. The van der Waals surface area contributed by atoms with Crippen LogP contribution in [0, 0.1) is 6.92 Å². The minimum atomic E-state index is -0.139. The molecule has 1 aliphatic heterocycles. The zero-order valence-electron chi connectivity index (χ0n) is 19.3. The van der Waals surface area contributed by atoms with Gasteiger partial charge in [-0.2, -0.15) is 0 Å². The van der Waals surface area contributed by atoms with Crippen molar-refractivity contribution in [2.24, 2.45) is 4.99 Å². The first-order valence-electron chi connectivity index (χ1n) is 11.9. The summed E-state index contributed by atoms with van der Waals surface area (Å²) in [5, 5.41) is 1.11. The van der Waals surface area contributed by atoms with Crippen LogP contribution in [0.5, 0.6) is 0 Å². The molecule has 170 valence electrons. The average molecular weight is 474 g/mol. The van der Waals surface area contributed by atoms with E-state index in [9.17, 15) is 4.79 Å². The number of aromatic amines is 1. The highest BCUT2D eigenvalue weighted by Gasteiger charge is 2.32. The SMILES string of the molecule is Cc1ccc([C@H]2C3=C(N=c4s/c(=C/c5c[nH]c6ccccc56)c(=O)n42)c2ccccc2CC3)cc1. The van der Waals surface area contributed by atoms with E-state index in [1.165, 1.54) is 33.6 Å². The maximum atomic E-state index is 13.9. The summed E-state index contributed by atoms with van der Waals surface area (Å²) in [6.07, 6.45) is 5.85. The van der Waals surface area contributed by atoms with Crippen LogP contribution in [0.15, 0.2) is 94.4 Å². The molecule has 0 amide bonds. The van der Waals surface area contributed by atoms with Gasteiger partial charge in [-0.05, 0) is 48.6 Å². The maximum absolute atomic E-state index is 13.9. The molecule has 0 unspecified atom stereocenters. The van der Waals surface area contributed by atoms with Crippen LogP contribution >= 0.6 is 11.3 Å². The van der Waals surface area contributed by atoms with E-state index in [4.69, 9.17) is 4.99 Å². The fourth-order valence-electron chi connectivity index (χ4n) is 5.43. The Balaban J connectivity index is 1.50. The van der Waals surface area contributed by atoms with Gasteiger partial charge in [-0.1, -0.05) is 83.6 Å². The Bertz CT molecular complexity index is 1830. The fraction of sp³-hybridized carbons (Fsp3) is 0.133. The Morgan fingerprint density at radius 3 is 2.69 bits per heavy atom. The van der Waals surface area contributed by atoms with Crippen LogP contribution in [-0.2, 0) is 6.42 Å². The van der Waals surface area contributed by atoms with Gasteiger partial charge in [0.1, 0.15) is 0 Å². The van der Waals surface area contributed by atoms with Crippen molar-refractivity contribution in [3.05, 3.63) is 132 Å². The third-order valence-corrected chi connectivity index (χ3v) is 8.16. The van der Waals surface area contributed by atoms with Gasteiger partial charge in [-0.15, -0.1) is 0 Å². The molecule has 3 aromatic carbocycles. The second-order valence-corrected chi connectivity index (χ2v) is 10.3. The molecule has 0 bridgehead atoms. The van der Waals surface area contributed by atoms with Crippen molar-refractivity contribution < 1.29 is 0 Å². The Kier molecular flexibility index (Phi) is 4.54. The van der Waals surface area contributed by atoms with Gasteiger partial charge in [0.05, 0.1) is 16.3 Å². The van der Waals surface area contributed by atoms with Crippen molar-refractivity contribution in [3.8, 4) is 0 Å². The van der Waals surface area contributed by atoms with E-state index in [2.05, 4.69) is 72.6 Å². The number of nitrogens with one attached hydrogen (secondary N) is 1. The van der Waals surface area contributed by atoms with Gasteiger partial charge in [0, 0.05) is 28.2 Å². The zero-order chi connectivity index (χ0) is 23.5. The van der Waals surface area contributed by atoms with Crippen LogP contribution in [0.4, 0.5) is 0 Å². The molecule has 2 aliphatic rings. The molecular formula is C30H23N3OS. The predicted molar refractivity (Wildman–Crippen MR) is 142 cm³/mol. The van der Waals surface area contributed by atoms with Gasteiger partial charge in [0.25, 0.3) is 5.56 Å². The number of aromatic nitrogens is 2. The number of aryl methyl sites for hydroxylation is 2. The normalized spacial score (nSPS) is 17.2. The summed E-state index contributed by atoms with van der Waals surface area (Å²) in [6.45, 7) is 2.10. The van der Waals surface area contributed by atoms with Gasteiger partial charge in [-0.25, -0.2) is 4.99 Å². The lowest BCUT2D eigenvalue weighted by Crippen LogP contribution is -2.38. The molecular weight excluding hydrogens is 450 g/mol. The first-order valence-corrected chi connectivity index (χ1v) is 12.7. The zero-order valence-corrected chi connectivity index (χ0v) is 20.1. The van der Waals surface area contributed by atoms with E-state index in [1.807, 2.05) is 29.0 Å². The van der Waals surface area contributed by atoms with Gasteiger partial charge < -0.3 is 4.98 Å². The number of thiazole rings is 1. The van der Waals surface area contributed by atoms with Gasteiger partial charge in [0.2, 0.25) is 0 Å².